The molecule has 1 aromatic carbocycles. The summed E-state index contributed by atoms with van der Waals surface area (Å²) in [5, 5.41) is 7.93. The van der Waals surface area contributed by atoms with Crippen LogP contribution in [-0.4, -0.2) is 40.1 Å². The first kappa shape index (κ1) is 21.4. The summed E-state index contributed by atoms with van der Waals surface area (Å²) >= 11 is 7.18. The standard InChI is InChI=1S/C19H21ClN4O4S/c1-11(2)14-9-17(28-23-14)22-16(25)10-29-19-21-15-8-12(20)4-5-13(15)18(26)24(19)6-7-27-3/h4-5,8-9,11H,6-7,10H2,1-3H3,(H,22,25). The summed E-state index contributed by atoms with van der Waals surface area (Å²) in [7, 11) is 1.56. The van der Waals surface area contributed by atoms with Gasteiger partial charge in [0, 0.05) is 18.2 Å². The molecule has 0 atom stereocenters. The van der Waals surface area contributed by atoms with Crippen molar-refractivity contribution in [3.8, 4) is 0 Å². The quantitative estimate of drug-likeness (QED) is 0.425. The summed E-state index contributed by atoms with van der Waals surface area (Å²) in [5.41, 5.74) is 1.04. The number of benzene rings is 1. The van der Waals surface area contributed by atoms with Crippen LogP contribution in [0.15, 0.2) is 38.7 Å². The van der Waals surface area contributed by atoms with Crippen LogP contribution in [-0.2, 0) is 16.1 Å². The third-order valence-electron chi connectivity index (χ3n) is 4.12. The van der Waals surface area contributed by atoms with E-state index in [0.717, 1.165) is 17.5 Å². The molecule has 3 aromatic rings. The molecular weight excluding hydrogens is 416 g/mol. The van der Waals surface area contributed by atoms with Crippen LogP contribution < -0.4 is 10.9 Å². The Bertz CT molecular complexity index is 1080. The maximum atomic E-state index is 12.9. The summed E-state index contributed by atoms with van der Waals surface area (Å²) in [4.78, 5) is 29.7. The number of aromatic nitrogens is 3. The first-order chi connectivity index (χ1) is 13.9. The molecule has 0 saturated heterocycles. The predicted octanol–water partition coefficient (Wildman–Crippen LogP) is 3.54. The summed E-state index contributed by atoms with van der Waals surface area (Å²) in [6, 6.07) is 6.62. The number of ether oxygens (including phenoxy) is 1. The first-order valence-electron chi connectivity index (χ1n) is 8.97. The van der Waals surface area contributed by atoms with E-state index in [1.807, 2.05) is 13.8 Å². The topological polar surface area (TPSA) is 99.2 Å². The summed E-state index contributed by atoms with van der Waals surface area (Å²) in [6.45, 7) is 4.63. The van der Waals surface area contributed by atoms with Crippen molar-refractivity contribution in [2.24, 2.45) is 0 Å². The van der Waals surface area contributed by atoms with Gasteiger partial charge in [0.25, 0.3) is 5.56 Å². The van der Waals surface area contributed by atoms with E-state index in [-0.39, 0.29) is 29.0 Å². The lowest BCUT2D eigenvalue weighted by Crippen LogP contribution is -2.26. The van der Waals surface area contributed by atoms with Gasteiger partial charge >= 0.3 is 0 Å². The van der Waals surface area contributed by atoms with Crippen LogP contribution in [0, 0.1) is 0 Å². The number of anilines is 1. The Kier molecular flexibility index (Phi) is 6.94. The Balaban J connectivity index is 1.80. The molecule has 0 bridgehead atoms. The lowest BCUT2D eigenvalue weighted by Gasteiger charge is -2.12. The zero-order chi connectivity index (χ0) is 21.0. The largest absolute Gasteiger partial charge is 0.383 e. The number of hydrogen-bond acceptors (Lipinski definition) is 7. The van der Waals surface area contributed by atoms with Crippen LogP contribution in [0.3, 0.4) is 0 Å². The molecule has 0 aliphatic carbocycles. The maximum Gasteiger partial charge on any atom is 0.262 e. The van der Waals surface area contributed by atoms with Gasteiger partial charge < -0.3 is 9.26 Å². The summed E-state index contributed by atoms with van der Waals surface area (Å²) in [6.07, 6.45) is 0. The van der Waals surface area contributed by atoms with Gasteiger partial charge in [0.15, 0.2) is 5.16 Å². The van der Waals surface area contributed by atoms with E-state index in [1.54, 1.807) is 31.4 Å². The summed E-state index contributed by atoms with van der Waals surface area (Å²) < 4.78 is 11.7. The number of rotatable bonds is 8. The number of halogens is 1. The van der Waals surface area contributed by atoms with Crippen LogP contribution >= 0.6 is 23.4 Å². The molecule has 0 saturated carbocycles. The van der Waals surface area contributed by atoms with Gasteiger partial charge in [0.05, 0.1) is 35.5 Å². The molecule has 0 aliphatic heterocycles. The highest BCUT2D eigenvalue weighted by Crippen LogP contribution is 2.22. The minimum atomic E-state index is -0.291. The van der Waals surface area contributed by atoms with Gasteiger partial charge in [-0.25, -0.2) is 4.98 Å². The van der Waals surface area contributed by atoms with Gasteiger partial charge in [-0.2, -0.15) is 0 Å². The van der Waals surface area contributed by atoms with Crippen molar-refractivity contribution in [3.05, 3.63) is 45.3 Å². The molecule has 0 fully saturated rings. The van der Waals surface area contributed by atoms with Crippen LogP contribution in [0.25, 0.3) is 10.9 Å². The summed E-state index contributed by atoms with van der Waals surface area (Å²) in [5.74, 6) is 0.237. The second kappa shape index (κ2) is 9.43. The lowest BCUT2D eigenvalue weighted by atomic mass is 10.1. The molecule has 0 spiro atoms. The minimum absolute atomic E-state index is 0.0448. The molecule has 0 radical (unpaired) electrons. The zero-order valence-corrected chi connectivity index (χ0v) is 17.8. The number of thioether (sulfide) groups is 1. The minimum Gasteiger partial charge on any atom is -0.383 e. The first-order valence-corrected chi connectivity index (χ1v) is 10.3. The number of hydrogen-bond donors (Lipinski definition) is 1. The van der Waals surface area contributed by atoms with Crippen molar-refractivity contribution in [2.45, 2.75) is 31.5 Å². The highest BCUT2D eigenvalue weighted by Gasteiger charge is 2.15. The number of nitrogens with one attached hydrogen (secondary N) is 1. The molecule has 154 valence electrons. The van der Waals surface area contributed by atoms with Crippen LogP contribution in [0.1, 0.15) is 25.5 Å². The van der Waals surface area contributed by atoms with Crippen molar-refractivity contribution >= 4 is 46.1 Å². The predicted molar refractivity (Wildman–Crippen MR) is 113 cm³/mol. The molecule has 1 N–H and O–H groups in total. The van der Waals surface area contributed by atoms with Crippen molar-refractivity contribution in [1.82, 2.24) is 14.7 Å². The zero-order valence-electron chi connectivity index (χ0n) is 16.3. The van der Waals surface area contributed by atoms with Crippen LogP contribution in [0.5, 0.6) is 0 Å². The maximum absolute atomic E-state index is 12.9. The van der Waals surface area contributed by atoms with E-state index in [0.29, 0.717) is 34.2 Å². The Morgan fingerprint density at radius 1 is 1.38 bits per heavy atom. The normalized spacial score (nSPS) is 11.3. The fourth-order valence-electron chi connectivity index (χ4n) is 2.59. The number of amides is 1. The van der Waals surface area contributed by atoms with Gasteiger partial charge in [0.2, 0.25) is 11.8 Å². The van der Waals surface area contributed by atoms with Crippen LogP contribution in [0.2, 0.25) is 5.02 Å². The van der Waals surface area contributed by atoms with E-state index >= 15 is 0 Å². The van der Waals surface area contributed by atoms with E-state index in [1.165, 1.54) is 4.57 Å². The van der Waals surface area contributed by atoms with Gasteiger partial charge in [-0.05, 0) is 24.1 Å². The average Bonchev–Trinajstić information content (AvgIpc) is 3.14. The molecule has 0 aliphatic rings. The highest BCUT2D eigenvalue weighted by atomic mass is 35.5. The molecule has 2 aromatic heterocycles. The number of carbonyl (C=O) groups is 1. The fraction of sp³-hybridized carbons (Fsp3) is 0.368. The van der Waals surface area contributed by atoms with Crippen LogP contribution in [0.4, 0.5) is 5.88 Å². The smallest absolute Gasteiger partial charge is 0.262 e. The van der Waals surface area contributed by atoms with Crippen molar-refractivity contribution in [2.75, 3.05) is 24.8 Å². The Morgan fingerprint density at radius 3 is 2.86 bits per heavy atom. The van der Waals surface area contributed by atoms with Gasteiger partial charge in [-0.3, -0.25) is 19.5 Å². The van der Waals surface area contributed by atoms with E-state index in [9.17, 15) is 9.59 Å². The number of fused-ring (bicyclic) bond motifs is 1. The molecule has 1 amide bonds. The van der Waals surface area contributed by atoms with Gasteiger partial charge in [0.1, 0.15) is 0 Å². The van der Waals surface area contributed by atoms with Gasteiger partial charge in [-0.15, -0.1) is 0 Å². The molecular formula is C19H21ClN4O4S. The Labute approximate surface area is 176 Å². The highest BCUT2D eigenvalue weighted by molar-refractivity contribution is 7.99. The average molecular weight is 437 g/mol. The Hall–Kier alpha value is -2.36. The van der Waals surface area contributed by atoms with Gasteiger partial charge in [-0.1, -0.05) is 42.4 Å². The second-order valence-corrected chi connectivity index (χ2v) is 7.99. The SMILES string of the molecule is COCCn1c(SCC(=O)Nc2cc(C(C)C)no2)nc2cc(Cl)ccc2c1=O. The van der Waals surface area contributed by atoms with E-state index in [4.69, 9.17) is 20.9 Å². The molecule has 29 heavy (non-hydrogen) atoms. The molecule has 10 heteroatoms. The fourth-order valence-corrected chi connectivity index (χ4v) is 3.58. The van der Waals surface area contributed by atoms with Crippen molar-refractivity contribution in [1.29, 1.82) is 0 Å². The molecule has 8 nitrogen and oxygen atoms in total. The van der Waals surface area contributed by atoms with E-state index in [2.05, 4.69) is 15.5 Å². The lowest BCUT2D eigenvalue weighted by molar-refractivity contribution is -0.113. The number of carbonyl (C=O) groups excluding carboxylic acids is 1. The monoisotopic (exact) mass is 436 g/mol. The number of nitrogens with zero attached hydrogens (tertiary/aromatic N) is 3. The second-order valence-electron chi connectivity index (χ2n) is 6.61. The third kappa shape index (κ3) is 5.17. The van der Waals surface area contributed by atoms with Crippen molar-refractivity contribution < 1.29 is 14.1 Å². The Morgan fingerprint density at radius 2 is 2.17 bits per heavy atom. The molecule has 3 rings (SSSR count). The number of methoxy groups -OCH3 is 1. The third-order valence-corrected chi connectivity index (χ3v) is 5.33. The molecule has 2 heterocycles. The van der Waals surface area contributed by atoms with E-state index < -0.39 is 0 Å². The molecule has 0 unspecified atom stereocenters. The van der Waals surface area contributed by atoms with Crippen molar-refractivity contribution in [3.63, 3.8) is 0 Å².